The predicted molar refractivity (Wildman–Crippen MR) is 102 cm³/mol. The Kier molecular flexibility index (Phi) is 7.38. The summed E-state index contributed by atoms with van der Waals surface area (Å²) >= 11 is 12.0. The largest absolute Gasteiger partial charge is 0.466 e. The van der Waals surface area contributed by atoms with Gasteiger partial charge in [0.05, 0.1) is 28.3 Å². The van der Waals surface area contributed by atoms with Crippen LogP contribution in [-0.4, -0.2) is 30.0 Å². The zero-order valence-electron chi connectivity index (χ0n) is 14.2. The van der Waals surface area contributed by atoms with Gasteiger partial charge in [-0.2, -0.15) is 0 Å². The molecule has 0 radical (unpaired) electrons. The van der Waals surface area contributed by atoms with Crippen LogP contribution in [0.3, 0.4) is 0 Å². The summed E-state index contributed by atoms with van der Waals surface area (Å²) in [5, 5.41) is 3.17. The first-order valence-corrected chi connectivity index (χ1v) is 8.77. The summed E-state index contributed by atoms with van der Waals surface area (Å²) in [7, 11) is 0. The molecule has 0 aliphatic carbocycles. The molecule has 0 aliphatic heterocycles. The fourth-order valence-electron chi connectivity index (χ4n) is 2.32. The number of anilines is 1. The van der Waals surface area contributed by atoms with E-state index in [-0.39, 0.29) is 28.5 Å². The van der Waals surface area contributed by atoms with Crippen LogP contribution in [-0.2, 0) is 16.0 Å². The van der Waals surface area contributed by atoms with Crippen LogP contribution in [0.4, 0.5) is 5.69 Å². The Labute approximate surface area is 161 Å². The Morgan fingerprint density at radius 3 is 2.35 bits per heavy atom. The van der Waals surface area contributed by atoms with Gasteiger partial charge in [0.2, 0.25) is 0 Å². The van der Waals surface area contributed by atoms with E-state index in [1.54, 1.807) is 31.2 Å². The molecule has 0 saturated heterocycles. The Bertz CT molecular complexity index is 762. The summed E-state index contributed by atoms with van der Waals surface area (Å²) in [4.78, 5) is 28.0. The highest BCUT2D eigenvalue weighted by molar-refractivity contribution is 6.39. The lowest BCUT2D eigenvalue weighted by molar-refractivity contribution is -0.147. The number of aromatic nitrogens is 1. The monoisotopic (exact) mass is 395 g/mol. The molecular formula is C18H19Cl2N3O3. The van der Waals surface area contributed by atoms with Crippen molar-refractivity contribution in [2.75, 3.05) is 18.5 Å². The highest BCUT2D eigenvalue weighted by Crippen LogP contribution is 2.29. The molecule has 2 aromatic rings. The number of halogens is 2. The van der Waals surface area contributed by atoms with Crippen LogP contribution in [0.5, 0.6) is 0 Å². The molecule has 1 unspecified atom stereocenters. The smallest absolute Gasteiger partial charge is 0.310 e. The van der Waals surface area contributed by atoms with E-state index in [9.17, 15) is 9.59 Å². The maximum Gasteiger partial charge on any atom is 0.310 e. The maximum absolute atomic E-state index is 12.4. The first kappa shape index (κ1) is 20.2. The Hall–Kier alpha value is -2.15. The number of amides is 1. The second kappa shape index (κ2) is 9.52. The molecule has 6 nitrogen and oxygen atoms in total. The van der Waals surface area contributed by atoms with Gasteiger partial charge in [-0.05, 0) is 31.0 Å². The third-order valence-electron chi connectivity index (χ3n) is 3.69. The number of carbonyl (C=O) groups is 2. The minimum Gasteiger partial charge on any atom is -0.466 e. The molecule has 0 fully saturated rings. The summed E-state index contributed by atoms with van der Waals surface area (Å²) in [6.07, 6.45) is 3.24. The van der Waals surface area contributed by atoms with E-state index in [0.29, 0.717) is 24.3 Å². The number of nitrogens with one attached hydrogen (secondary N) is 1. The molecule has 1 heterocycles. The average Bonchev–Trinajstić information content (AvgIpc) is 2.63. The molecule has 1 aromatic carbocycles. The summed E-state index contributed by atoms with van der Waals surface area (Å²) in [6, 6.07) is 6.86. The quantitative estimate of drug-likeness (QED) is 0.701. The van der Waals surface area contributed by atoms with E-state index in [2.05, 4.69) is 10.3 Å². The van der Waals surface area contributed by atoms with E-state index in [0.717, 1.165) is 5.56 Å². The number of nitrogens with two attached hydrogens (primary N) is 1. The molecule has 0 aliphatic rings. The van der Waals surface area contributed by atoms with Crippen LogP contribution in [0.15, 0.2) is 36.7 Å². The van der Waals surface area contributed by atoms with E-state index < -0.39 is 5.92 Å². The second-order valence-electron chi connectivity index (χ2n) is 5.52. The van der Waals surface area contributed by atoms with E-state index in [1.165, 1.54) is 12.4 Å². The number of carbonyl (C=O) groups excluding carboxylic acids is 2. The van der Waals surface area contributed by atoms with Crippen LogP contribution in [0, 0.1) is 5.92 Å². The zero-order chi connectivity index (χ0) is 19.1. The van der Waals surface area contributed by atoms with Crippen molar-refractivity contribution in [1.82, 2.24) is 4.98 Å². The molecular weight excluding hydrogens is 377 g/mol. The highest BCUT2D eigenvalue weighted by atomic mass is 35.5. The molecule has 0 spiro atoms. The summed E-state index contributed by atoms with van der Waals surface area (Å²) in [5.41, 5.74) is 7.27. The van der Waals surface area contributed by atoms with E-state index in [4.69, 9.17) is 33.7 Å². The van der Waals surface area contributed by atoms with Gasteiger partial charge in [0.1, 0.15) is 0 Å². The van der Waals surface area contributed by atoms with Gasteiger partial charge in [0, 0.05) is 24.5 Å². The zero-order valence-corrected chi connectivity index (χ0v) is 15.7. The molecule has 8 heteroatoms. The van der Waals surface area contributed by atoms with Crippen molar-refractivity contribution < 1.29 is 14.3 Å². The standard InChI is InChI=1S/C18H19Cl2N3O3/c1-2-26-18(25)13(8-21)7-11-3-5-12(6-4-11)17(24)23-16-14(19)9-22-10-15(16)20/h3-6,9-10,13H,2,7-8,21H2,1H3,(H,22,23,24). The normalized spacial score (nSPS) is 11.7. The Balaban J connectivity index is 2.06. The van der Waals surface area contributed by atoms with Crippen molar-refractivity contribution in [3.05, 3.63) is 57.8 Å². The molecule has 2 rings (SSSR count). The van der Waals surface area contributed by atoms with Crippen LogP contribution in [0.2, 0.25) is 10.0 Å². The number of rotatable bonds is 7. The molecule has 3 N–H and O–H groups in total. The fraction of sp³-hybridized carbons (Fsp3) is 0.278. The number of pyridine rings is 1. The third kappa shape index (κ3) is 5.17. The van der Waals surface area contributed by atoms with Crippen molar-refractivity contribution in [1.29, 1.82) is 0 Å². The van der Waals surface area contributed by atoms with E-state index in [1.807, 2.05) is 0 Å². The lowest BCUT2D eigenvalue weighted by atomic mass is 9.98. The number of hydrogen-bond donors (Lipinski definition) is 2. The molecule has 1 amide bonds. The van der Waals surface area contributed by atoms with Crippen LogP contribution in [0.1, 0.15) is 22.8 Å². The Morgan fingerprint density at radius 2 is 1.81 bits per heavy atom. The van der Waals surface area contributed by atoms with Crippen LogP contribution >= 0.6 is 23.2 Å². The summed E-state index contributed by atoms with van der Waals surface area (Å²) in [5.74, 6) is -1.09. The van der Waals surface area contributed by atoms with E-state index >= 15 is 0 Å². The van der Waals surface area contributed by atoms with Crippen LogP contribution < -0.4 is 11.1 Å². The minimum absolute atomic E-state index is 0.195. The van der Waals surface area contributed by atoms with Crippen molar-refractivity contribution in [2.24, 2.45) is 11.7 Å². The van der Waals surface area contributed by atoms with Crippen molar-refractivity contribution >= 4 is 40.8 Å². The molecule has 26 heavy (non-hydrogen) atoms. The minimum atomic E-state index is -0.413. The number of hydrogen-bond acceptors (Lipinski definition) is 5. The van der Waals surface area contributed by atoms with Gasteiger partial charge < -0.3 is 15.8 Å². The number of ether oxygens (including phenoxy) is 1. The third-order valence-corrected chi connectivity index (χ3v) is 4.27. The topological polar surface area (TPSA) is 94.3 Å². The van der Waals surface area contributed by atoms with Crippen molar-refractivity contribution in [2.45, 2.75) is 13.3 Å². The first-order valence-electron chi connectivity index (χ1n) is 8.02. The molecule has 1 aromatic heterocycles. The maximum atomic E-state index is 12.4. The lowest BCUT2D eigenvalue weighted by Crippen LogP contribution is -2.27. The first-order chi connectivity index (χ1) is 12.5. The SMILES string of the molecule is CCOC(=O)C(CN)Cc1ccc(C(=O)Nc2c(Cl)cncc2Cl)cc1. The average molecular weight is 396 g/mol. The van der Waals surface area contributed by atoms with Gasteiger partial charge in [-0.1, -0.05) is 35.3 Å². The lowest BCUT2D eigenvalue weighted by Gasteiger charge is -2.14. The highest BCUT2D eigenvalue weighted by Gasteiger charge is 2.19. The number of benzene rings is 1. The molecule has 1 atom stereocenters. The van der Waals surface area contributed by atoms with Gasteiger partial charge >= 0.3 is 5.97 Å². The predicted octanol–water partition coefficient (Wildman–Crippen LogP) is 3.32. The number of nitrogens with zero attached hydrogens (tertiary/aromatic N) is 1. The fourth-order valence-corrected chi connectivity index (χ4v) is 2.78. The molecule has 138 valence electrons. The molecule has 0 bridgehead atoms. The van der Waals surface area contributed by atoms with Gasteiger partial charge in [0.25, 0.3) is 5.91 Å². The van der Waals surface area contributed by atoms with Gasteiger partial charge in [-0.25, -0.2) is 0 Å². The Morgan fingerprint density at radius 1 is 1.19 bits per heavy atom. The van der Waals surface area contributed by atoms with Gasteiger partial charge in [0.15, 0.2) is 0 Å². The summed E-state index contributed by atoms with van der Waals surface area (Å²) < 4.78 is 5.00. The van der Waals surface area contributed by atoms with Crippen molar-refractivity contribution in [3.8, 4) is 0 Å². The molecule has 0 saturated carbocycles. The number of esters is 1. The van der Waals surface area contributed by atoms with Crippen molar-refractivity contribution in [3.63, 3.8) is 0 Å². The van der Waals surface area contributed by atoms with Gasteiger partial charge in [-0.15, -0.1) is 0 Å². The van der Waals surface area contributed by atoms with Gasteiger partial charge in [-0.3, -0.25) is 14.6 Å². The summed E-state index contributed by atoms with van der Waals surface area (Å²) in [6.45, 7) is 2.26. The second-order valence-corrected chi connectivity index (χ2v) is 6.33. The van der Waals surface area contributed by atoms with Crippen LogP contribution in [0.25, 0.3) is 0 Å².